The van der Waals surface area contributed by atoms with E-state index in [1.807, 2.05) is 31.2 Å². The molecule has 4 rings (SSSR count). The number of thioether (sulfide) groups is 1. The summed E-state index contributed by atoms with van der Waals surface area (Å²) >= 11 is 1.47. The molecule has 1 saturated heterocycles. The zero-order chi connectivity index (χ0) is 28.2. The number of hydrogen-bond acceptors (Lipinski definition) is 4. The van der Waals surface area contributed by atoms with Crippen LogP contribution in [0.5, 0.6) is 5.75 Å². The lowest BCUT2D eigenvalue weighted by atomic mass is 9.83. The largest absolute Gasteiger partial charge is 0.494 e. The Kier molecular flexibility index (Phi) is 9.31. The van der Waals surface area contributed by atoms with E-state index in [4.69, 9.17) is 4.74 Å². The second-order valence-corrected chi connectivity index (χ2v) is 11.6. The Morgan fingerprint density at radius 1 is 1.15 bits per heavy atom. The lowest BCUT2D eigenvalue weighted by Crippen LogP contribution is -2.52. The van der Waals surface area contributed by atoms with Crippen molar-refractivity contribution in [3.63, 3.8) is 0 Å². The molecule has 1 saturated carbocycles. The van der Waals surface area contributed by atoms with Gasteiger partial charge in [-0.05, 0) is 74.1 Å². The predicted molar refractivity (Wildman–Crippen MR) is 148 cm³/mol. The van der Waals surface area contributed by atoms with Crippen LogP contribution >= 0.6 is 11.8 Å². The van der Waals surface area contributed by atoms with Gasteiger partial charge in [-0.1, -0.05) is 37.6 Å². The number of nitrogens with one attached hydrogen (secondary N) is 1. The van der Waals surface area contributed by atoms with Crippen LogP contribution in [-0.4, -0.2) is 41.7 Å². The first-order valence-electron chi connectivity index (χ1n) is 13.4. The molecule has 1 N–H and O–H groups in total. The maximum atomic E-state index is 13.2. The molecule has 9 heteroatoms. The molecule has 4 unspecified atom stereocenters. The number of alkyl halides is 3. The quantitative estimate of drug-likeness (QED) is 0.284. The van der Waals surface area contributed by atoms with Crippen molar-refractivity contribution in [3.8, 4) is 5.75 Å². The van der Waals surface area contributed by atoms with Crippen molar-refractivity contribution in [2.24, 2.45) is 5.92 Å². The van der Waals surface area contributed by atoms with Crippen LogP contribution in [0, 0.1) is 5.92 Å². The highest BCUT2D eigenvalue weighted by atomic mass is 32.2. The Morgan fingerprint density at radius 3 is 2.49 bits per heavy atom. The molecule has 2 amide bonds. The van der Waals surface area contributed by atoms with Gasteiger partial charge in [0.2, 0.25) is 5.91 Å². The lowest BCUT2D eigenvalue weighted by molar-refractivity contribution is -0.137. The van der Waals surface area contributed by atoms with Gasteiger partial charge in [-0.25, -0.2) is 0 Å². The molecule has 0 aromatic heterocycles. The smallest absolute Gasteiger partial charge is 0.416 e. The topological polar surface area (TPSA) is 58.6 Å². The molecule has 0 spiro atoms. The zero-order valence-electron chi connectivity index (χ0n) is 22.5. The molecule has 2 fully saturated rings. The highest BCUT2D eigenvalue weighted by Gasteiger charge is 2.43. The van der Waals surface area contributed by atoms with E-state index in [1.54, 1.807) is 18.0 Å². The van der Waals surface area contributed by atoms with Crippen LogP contribution in [0.4, 0.5) is 13.2 Å². The Hall–Kier alpha value is -2.94. The Labute approximate surface area is 232 Å². The van der Waals surface area contributed by atoms with Crippen LogP contribution in [0.2, 0.25) is 0 Å². The summed E-state index contributed by atoms with van der Waals surface area (Å²) in [5, 5.41) is 3.27. The highest BCUT2D eigenvalue weighted by molar-refractivity contribution is 8.04. The van der Waals surface area contributed by atoms with Gasteiger partial charge >= 0.3 is 6.18 Å². The van der Waals surface area contributed by atoms with Gasteiger partial charge in [0, 0.05) is 24.3 Å². The minimum atomic E-state index is -4.40. The number of unbranched alkanes of at least 4 members (excludes halogenated alkanes) is 1. The summed E-state index contributed by atoms with van der Waals surface area (Å²) in [7, 11) is 1.74. The molecule has 1 aliphatic carbocycles. The van der Waals surface area contributed by atoms with Crippen LogP contribution < -0.4 is 10.1 Å². The number of nitrogens with zero attached hydrogens (tertiary/aromatic N) is 1. The summed E-state index contributed by atoms with van der Waals surface area (Å²) in [6, 6.07) is 12.4. The fourth-order valence-corrected chi connectivity index (χ4v) is 6.54. The summed E-state index contributed by atoms with van der Waals surface area (Å²) < 4.78 is 44.3. The summed E-state index contributed by atoms with van der Waals surface area (Å²) in [6.45, 7) is 4.77. The summed E-state index contributed by atoms with van der Waals surface area (Å²) in [5.74, 6) is 0.443. The molecule has 0 radical (unpaired) electrons. The van der Waals surface area contributed by atoms with Gasteiger partial charge in [-0.2, -0.15) is 13.2 Å². The molecule has 39 heavy (non-hydrogen) atoms. The molecule has 5 nitrogen and oxygen atoms in total. The summed E-state index contributed by atoms with van der Waals surface area (Å²) in [6.07, 6.45) is 1.40. The van der Waals surface area contributed by atoms with Crippen molar-refractivity contribution in [1.82, 2.24) is 10.2 Å². The van der Waals surface area contributed by atoms with E-state index in [2.05, 4.69) is 12.2 Å². The molecule has 0 bridgehead atoms. The average Bonchev–Trinajstić information content (AvgIpc) is 2.91. The molecule has 4 atom stereocenters. The van der Waals surface area contributed by atoms with Crippen LogP contribution in [0.25, 0.3) is 6.08 Å². The van der Waals surface area contributed by atoms with Gasteiger partial charge in [-0.15, -0.1) is 11.8 Å². The average molecular weight is 561 g/mol. The number of halogens is 3. The van der Waals surface area contributed by atoms with Crippen LogP contribution in [-0.2, 0) is 15.8 Å². The number of rotatable bonds is 8. The molecule has 2 aromatic rings. The third kappa shape index (κ3) is 7.18. The highest BCUT2D eigenvalue weighted by Crippen LogP contribution is 2.43. The number of amides is 2. The third-order valence-corrected chi connectivity index (χ3v) is 8.87. The fourth-order valence-electron chi connectivity index (χ4n) is 5.06. The normalized spacial score (nSPS) is 23.3. The minimum absolute atomic E-state index is 0.0128. The van der Waals surface area contributed by atoms with Gasteiger partial charge in [0.15, 0.2) is 0 Å². The third-order valence-electron chi connectivity index (χ3n) is 7.47. The number of carbonyl (C=O) groups excluding carboxylic acids is 2. The van der Waals surface area contributed by atoms with Crippen LogP contribution in [0.15, 0.2) is 53.4 Å². The first-order valence-corrected chi connectivity index (χ1v) is 14.3. The van der Waals surface area contributed by atoms with E-state index in [9.17, 15) is 22.8 Å². The van der Waals surface area contributed by atoms with Gasteiger partial charge in [-0.3, -0.25) is 9.59 Å². The first-order chi connectivity index (χ1) is 18.6. The standard InChI is InChI=1S/C30H35F3N2O3S/c1-4-5-16-38-24-13-8-21(9-14-24)19(2)34-28(36)22-10-15-26-25(18-22)35(3)29(37)27(39-26)17-20-6-11-23(12-7-20)30(31,32)33/h6-9,11-14,17,19,22,25-26H,4-5,10,15-16,18H2,1-3H3,(H,34,36)/b27-17+. The number of hydrogen-bond donors (Lipinski definition) is 1. The van der Waals surface area contributed by atoms with Crippen LogP contribution in [0.1, 0.15) is 68.7 Å². The number of benzene rings is 2. The lowest BCUT2D eigenvalue weighted by Gasteiger charge is -2.44. The van der Waals surface area contributed by atoms with Gasteiger partial charge in [0.25, 0.3) is 5.91 Å². The van der Waals surface area contributed by atoms with E-state index in [0.29, 0.717) is 29.9 Å². The van der Waals surface area contributed by atoms with Gasteiger partial charge < -0.3 is 15.0 Å². The van der Waals surface area contributed by atoms with Crippen molar-refractivity contribution in [2.45, 2.75) is 69.5 Å². The molecule has 1 aliphatic heterocycles. The Bertz CT molecular complexity index is 1180. The summed E-state index contributed by atoms with van der Waals surface area (Å²) in [5.41, 5.74) is 0.829. The van der Waals surface area contributed by atoms with Crippen LogP contribution in [0.3, 0.4) is 0 Å². The molecule has 1 heterocycles. The molecule has 210 valence electrons. The maximum absolute atomic E-state index is 13.2. The van der Waals surface area contributed by atoms with E-state index in [1.165, 1.54) is 23.9 Å². The van der Waals surface area contributed by atoms with Crippen molar-refractivity contribution in [2.75, 3.05) is 13.7 Å². The van der Waals surface area contributed by atoms with E-state index >= 15 is 0 Å². The zero-order valence-corrected chi connectivity index (χ0v) is 23.3. The van der Waals surface area contributed by atoms with E-state index < -0.39 is 11.7 Å². The van der Waals surface area contributed by atoms with Gasteiger partial charge in [0.1, 0.15) is 5.75 Å². The van der Waals surface area contributed by atoms with E-state index in [0.717, 1.165) is 42.7 Å². The second-order valence-electron chi connectivity index (χ2n) is 10.3. The van der Waals surface area contributed by atoms with Crippen molar-refractivity contribution in [1.29, 1.82) is 0 Å². The monoisotopic (exact) mass is 560 g/mol. The second kappa shape index (κ2) is 12.5. The van der Waals surface area contributed by atoms with Crippen molar-refractivity contribution in [3.05, 3.63) is 70.1 Å². The van der Waals surface area contributed by atoms with Crippen molar-refractivity contribution >= 4 is 29.7 Å². The SMILES string of the molecule is CCCCOc1ccc(C(C)NC(=O)C2CCC3S/C(=C/c4ccc(C(F)(F)F)cc4)C(=O)N(C)C3C2)cc1. The fraction of sp³-hybridized carbons (Fsp3) is 0.467. The number of fused-ring (bicyclic) bond motifs is 1. The Morgan fingerprint density at radius 2 is 1.85 bits per heavy atom. The van der Waals surface area contributed by atoms with Crippen molar-refractivity contribution < 1.29 is 27.5 Å². The summed E-state index contributed by atoms with van der Waals surface area (Å²) in [4.78, 5) is 28.5. The maximum Gasteiger partial charge on any atom is 0.416 e. The minimum Gasteiger partial charge on any atom is -0.494 e. The van der Waals surface area contributed by atoms with E-state index in [-0.39, 0.29) is 35.1 Å². The molecule has 2 aliphatic rings. The molecular weight excluding hydrogens is 525 g/mol. The molecule has 2 aromatic carbocycles. The molecular formula is C30H35F3N2O3S. The first kappa shape index (κ1) is 29.1. The van der Waals surface area contributed by atoms with Gasteiger partial charge in [0.05, 0.1) is 23.1 Å². The number of carbonyl (C=O) groups is 2. The number of likely N-dealkylation sites (N-methyl/N-ethyl adjacent to an activating group) is 1. The Balaban J connectivity index is 1.34. The predicted octanol–water partition coefficient (Wildman–Crippen LogP) is 6.85. The number of ether oxygens (including phenoxy) is 1.